The Morgan fingerprint density at radius 1 is 0.365 bits per heavy atom. The first-order valence-corrected chi connectivity index (χ1v) is 29.4. The molecule has 2 aliphatic heterocycles. The van der Waals surface area contributed by atoms with Crippen LogP contribution in [0.25, 0.3) is 60.6 Å². The number of hydrogen-bond acceptors (Lipinski definition) is 4. The van der Waals surface area contributed by atoms with Gasteiger partial charge in [0.25, 0.3) is 6.71 Å². The summed E-state index contributed by atoms with van der Waals surface area (Å²) >= 11 is 0. The van der Waals surface area contributed by atoms with Crippen molar-refractivity contribution in [2.75, 3.05) is 14.7 Å². The van der Waals surface area contributed by atoms with Crippen LogP contribution in [0.4, 0.5) is 51.2 Å². The van der Waals surface area contributed by atoms with Crippen molar-refractivity contribution in [1.82, 2.24) is 4.57 Å². The van der Waals surface area contributed by atoms with Gasteiger partial charge in [-0.3, -0.25) is 0 Å². The van der Waals surface area contributed by atoms with Crippen LogP contribution in [0.5, 0.6) is 0 Å². The Kier molecular flexibility index (Phi) is 10.3. The molecular formula is C79H51BN4O. The van der Waals surface area contributed by atoms with Gasteiger partial charge in [0, 0.05) is 61.5 Å². The standard InChI is InChI=1S/C79H51BN4O/c1-7-26-52(27-8-1)79(53-28-9-2-10-29-53)62-41-22-19-38-59(62)73-63(79)46-47-64-77(73)83(56-34-15-5-16-35-56)69-50-58(51-70-76(69)80(64)65-48-49-72-75(61-40-21-24-45-71(61)85-72)78(65)84(70)57-36-17-6-18-37-57)81(54-30-11-3-12-31-54)67-43-25-44-68-74(67)60-39-20-23-42-66(60)82(68)55-32-13-4-14-33-55/h1-51H. The smallest absolute Gasteiger partial charge is 0.252 e. The molecule has 1 aliphatic carbocycles. The number of aromatic nitrogens is 1. The zero-order valence-electron chi connectivity index (χ0n) is 46.2. The van der Waals surface area contributed by atoms with Crippen molar-refractivity contribution in [2.45, 2.75) is 5.41 Å². The van der Waals surface area contributed by atoms with Crippen molar-refractivity contribution in [1.29, 1.82) is 0 Å². The molecule has 0 atom stereocenters. The summed E-state index contributed by atoms with van der Waals surface area (Å²) in [6, 6.07) is 114. The molecule has 13 aromatic carbocycles. The number of rotatable bonds is 8. The van der Waals surface area contributed by atoms with Gasteiger partial charge in [-0.25, -0.2) is 0 Å². The Hall–Kier alpha value is -11.1. The Morgan fingerprint density at radius 3 is 1.58 bits per heavy atom. The maximum absolute atomic E-state index is 6.89. The van der Waals surface area contributed by atoms with Crippen molar-refractivity contribution in [3.63, 3.8) is 0 Å². The summed E-state index contributed by atoms with van der Waals surface area (Å²) in [5, 5.41) is 4.53. The Bertz CT molecular complexity index is 5100. The number of benzene rings is 13. The largest absolute Gasteiger partial charge is 0.456 e. The molecule has 0 unspecified atom stereocenters. The van der Waals surface area contributed by atoms with Gasteiger partial charge in [0.05, 0.1) is 38.9 Å². The molecule has 0 bridgehead atoms. The average Bonchev–Trinajstić information content (AvgIpc) is 1.88. The second kappa shape index (κ2) is 18.5. The molecule has 396 valence electrons. The van der Waals surface area contributed by atoms with Crippen LogP contribution in [-0.2, 0) is 5.41 Å². The van der Waals surface area contributed by atoms with Crippen molar-refractivity contribution in [2.24, 2.45) is 0 Å². The normalized spacial score (nSPS) is 13.4. The minimum Gasteiger partial charge on any atom is -0.456 e. The van der Waals surface area contributed by atoms with E-state index in [-0.39, 0.29) is 6.71 Å². The van der Waals surface area contributed by atoms with Crippen molar-refractivity contribution in [3.05, 3.63) is 332 Å². The summed E-state index contributed by atoms with van der Waals surface area (Å²) in [4.78, 5) is 7.69. The first-order valence-electron chi connectivity index (χ1n) is 29.4. The fourth-order valence-electron chi connectivity index (χ4n) is 15.2. The number of hydrogen-bond donors (Lipinski definition) is 0. The van der Waals surface area contributed by atoms with Gasteiger partial charge in [-0.2, -0.15) is 0 Å². The molecule has 0 amide bonds. The summed E-state index contributed by atoms with van der Waals surface area (Å²) in [5.74, 6) is 0. The highest BCUT2D eigenvalue weighted by atomic mass is 16.3. The van der Waals surface area contributed by atoms with Crippen molar-refractivity contribution < 1.29 is 4.42 Å². The minimum absolute atomic E-state index is 0.208. The van der Waals surface area contributed by atoms with Crippen molar-refractivity contribution in [3.8, 4) is 16.8 Å². The summed E-state index contributed by atoms with van der Waals surface area (Å²) in [5.41, 5.74) is 25.5. The molecule has 0 saturated heterocycles. The first kappa shape index (κ1) is 47.6. The van der Waals surface area contributed by atoms with E-state index < -0.39 is 5.41 Å². The van der Waals surface area contributed by atoms with E-state index in [0.29, 0.717) is 0 Å². The Labute approximate surface area is 492 Å². The van der Waals surface area contributed by atoms with Crippen LogP contribution in [0.2, 0.25) is 0 Å². The lowest BCUT2D eigenvalue weighted by molar-refractivity contribution is 0.669. The fourth-order valence-corrected chi connectivity index (χ4v) is 15.2. The van der Waals surface area contributed by atoms with Gasteiger partial charge in [0.15, 0.2) is 0 Å². The highest BCUT2D eigenvalue weighted by Crippen LogP contribution is 2.61. The highest BCUT2D eigenvalue weighted by molar-refractivity contribution is 7.00. The number of para-hydroxylation sites is 6. The lowest BCUT2D eigenvalue weighted by Crippen LogP contribution is -2.61. The number of furan rings is 1. The molecular weight excluding hydrogens is 1030 g/mol. The van der Waals surface area contributed by atoms with Gasteiger partial charge in [-0.1, -0.05) is 218 Å². The molecule has 2 aromatic heterocycles. The highest BCUT2D eigenvalue weighted by Gasteiger charge is 2.52. The van der Waals surface area contributed by atoms with Gasteiger partial charge in [0.2, 0.25) is 0 Å². The second-order valence-electron chi connectivity index (χ2n) is 22.6. The zero-order chi connectivity index (χ0) is 55.7. The molecule has 0 fully saturated rings. The molecule has 6 heteroatoms. The molecule has 4 heterocycles. The van der Waals surface area contributed by atoms with Gasteiger partial charge in [-0.05, 0) is 135 Å². The van der Waals surface area contributed by atoms with E-state index in [4.69, 9.17) is 4.42 Å². The molecule has 18 rings (SSSR count). The van der Waals surface area contributed by atoms with Crippen LogP contribution >= 0.6 is 0 Å². The third kappa shape index (κ3) is 6.70. The van der Waals surface area contributed by atoms with Crippen LogP contribution in [0.15, 0.2) is 314 Å². The van der Waals surface area contributed by atoms with Gasteiger partial charge in [0.1, 0.15) is 11.2 Å². The molecule has 0 spiro atoms. The SMILES string of the molecule is c1ccc(N2c3cc(N(c4ccccc4)c4cccc5c4c4ccccc4n5-c4ccccc4)cc4c3B(c3ccc5c(c32)-c2ccccc2C5(c2ccccc2)c2ccccc2)c2ccc3oc5ccccc5c3c2N4c2ccccc2)cc1. The number of nitrogens with zero attached hydrogens (tertiary/aromatic N) is 4. The quantitative estimate of drug-likeness (QED) is 0.142. The molecule has 15 aromatic rings. The number of anilines is 9. The third-order valence-electron chi connectivity index (χ3n) is 18.4. The lowest BCUT2D eigenvalue weighted by Gasteiger charge is -2.46. The Balaban J connectivity index is 1.02. The van der Waals surface area contributed by atoms with E-state index in [0.717, 1.165) is 84.2 Å². The van der Waals surface area contributed by atoms with Gasteiger partial charge in [-0.15, -0.1) is 0 Å². The molecule has 0 N–H and O–H groups in total. The van der Waals surface area contributed by atoms with Crippen LogP contribution < -0.4 is 31.1 Å². The maximum Gasteiger partial charge on any atom is 0.252 e. The van der Waals surface area contributed by atoms with Gasteiger partial charge < -0.3 is 23.7 Å². The van der Waals surface area contributed by atoms with E-state index >= 15 is 0 Å². The molecule has 85 heavy (non-hydrogen) atoms. The molecule has 0 radical (unpaired) electrons. The topological polar surface area (TPSA) is 27.8 Å². The molecule has 0 saturated carbocycles. The summed E-state index contributed by atoms with van der Waals surface area (Å²) in [6.45, 7) is -0.208. The van der Waals surface area contributed by atoms with E-state index in [1.807, 2.05) is 0 Å². The zero-order valence-corrected chi connectivity index (χ0v) is 46.2. The first-order chi connectivity index (χ1) is 42.2. The predicted octanol–water partition coefficient (Wildman–Crippen LogP) is 18.6. The van der Waals surface area contributed by atoms with Crippen LogP contribution in [0, 0.1) is 0 Å². The maximum atomic E-state index is 6.89. The lowest BCUT2D eigenvalue weighted by atomic mass is 9.33. The van der Waals surface area contributed by atoms with E-state index in [2.05, 4.69) is 329 Å². The van der Waals surface area contributed by atoms with E-state index in [1.54, 1.807) is 0 Å². The van der Waals surface area contributed by atoms with Crippen LogP contribution in [-0.4, -0.2) is 11.3 Å². The van der Waals surface area contributed by atoms with Crippen molar-refractivity contribution >= 4 is 118 Å². The summed E-state index contributed by atoms with van der Waals surface area (Å²) in [6.07, 6.45) is 0. The van der Waals surface area contributed by atoms with Gasteiger partial charge >= 0.3 is 0 Å². The average molecular weight is 1080 g/mol. The fraction of sp³-hybridized carbons (Fsp3) is 0.0127. The summed E-state index contributed by atoms with van der Waals surface area (Å²) in [7, 11) is 0. The molecule has 5 nitrogen and oxygen atoms in total. The van der Waals surface area contributed by atoms with Crippen LogP contribution in [0.3, 0.4) is 0 Å². The monoisotopic (exact) mass is 1080 g/mol. The minimum atomic E-state index is -0.628. The van der Waals surface area contributed by atoms with E-state index in [1.165, 1.54) is 66.2 Å². The number of fused-ring (bicyclic) bond motifs is 15. The predicted molar refractivity (Wildman–Crippen MR) is 354 cm³/mol. The summed E-state index contributed by atoms with van der Waals surface area (Å²) < 4.78 is 9.31. The third-order valence-corrected chi connectivity index (χ3v) is 18.4. The molecule has 3 aliphatic rings. The van der Waals surface area contributed by atoms with E-state index in [9.17, 15) is 0 Å². The second-order valence-corrected chi connectivity index (χ2v) is 22.6. The van der Waals surface area contributed by atoms with Crippen LogP contribution in [0.1, 0.15) is 22.3 Å². The Morgan fingerprint density at radius 2 is 0.894 bits per heavy atom.